The topological polar surface area (TPSA) is 60.2 Å². The fraction of sp³-hybridized carbons (Fsp3) is 0.471. The van der Waals surface area contributed by atoms with Crippen molar-refractivity contribution in [1.29, 1.82) is 0 Å². The lowest BCUT2D eigenvalue weighted by molar-refractivity contribution is 0.0718. The number of rotatable bonds is 5. The minimum absolute atomic E-state index is 0.154. The molecule has 7 heteroatoms. The number of hydrogen-bond donors (Lipinski definition) is 0. The molecule has 0 N–H and O–H groups in total. The van der Waals surface area contributed by atoms with E-state index >= 15 is 0 Å². The van der Waals surface area contributed by atoms with Crippen molar-refractivity contribution in [2.75, 3.05) is 26.3 Å². The highest BCUT2D eigenvalue weighted by Crippen LogP contribution is 2.21. The molecule has 1 aromatic heterocycles. The molecule has 3 rings (SSSR count). The second-order valence-electron chi connectivity index (χ2n) is 5.92. The molecule has 0 unspecified atom stereocenters. The second kappa shape index (κ2) is 7.32. The van der Waals surface area contributed by atoms with Gasteiger partial charge < -0.3 is 9.64 Å². The van der Waals surface area contributed by atoms with Crippen LogP contribution in [0.2, 0.25) is 5.02 Å². The van der Waals surface area contributed by atoms with Gasteiger partial charge in [-0.2, -0.15) is 0 Å². The summed E-state index contributed by atoms with van der Waals surface area (Å²) in [6.45, 7) is 6.56. The first-order chi connectivity index (χ1) is 11.6. The normalized spacial score (nSPS) is 17.2. The molecular weight excluding hydrogens is 328 g/mol. The highest BCUT2D eigenvalue weighted by atomic mass is 35.5. The number of halogens is 1. The first kappa shape index (κ1) is 16.9. The Hall–Kier alpha value is -1.92. The van der Waals surface area contributed by atoms with Crippen molar-refractivity contribution in [3.63, 3.8) is 0 Å². The lowest BCUT2D eigenvalue weighted by atomic mass is 10.1. The molecule has 128 valence electrons. The molecule has 6 nitrogen and oxygen atoms in total. The van der Waals surface area contributed by atoms with E-state index in [2.05, 4.69) is 10.1 Å². The van der Waals surface area contributed by atoms with Gasteiger partial charge in [0.05, 0.1) is 17.3 Å². The van der Waals surface area contributed by atoms with E-state index in [4.69, 9.17) is 16.3 Å². The SMILES string of the molecule is CCN(C[C@@H]1CCOC1)C(=O)c1nc(C)n(-c2ccccc2Cl)n1. The number of aryl methyl sites for hydroxylation is 1. The molecule has 1 fully saturated rings. The van der Waals surface area contributed by atoms with Crippen molar-refractivity contribution in [3.05, 3.63) is 40.9 Å². The molecule has 0 spiro atoms. The highest BCUT2D eigenvalue weighted by molar-refractivity contribution is 6.32. The van der Waals surface area contributed by atoms with Gasteiger partial charge in [-0.15, -0.1) is 5.10 Å². The first-order valence-corrected chi connectivity index (χ1v) is 8.53. The number of aromatic nitrogens is 3. The Morgan fingerprint density at radius 3 is 2.92 bits per heavy atom. The minimum atomic E-state index is -0.154. The molecule has 1 aliphatic rings. The number of benzene rings is 1. The fourth-order valence-corrected chi connectivity index (χ4v) is 3.08. The van der Waals surface area contributed by atoms with Crippen LogP contribution in [0.5, 0.6) is 0 Å². The molecule has 0 aliphatic carbocycles. The standard InChI is InChI=1S/C17H21ClN4O2/c1-3-21(10-13-8-9-24-11-13)17(23)16-19-12(2)22(20-16)15-7-5-4-6-14(15)18/h4-7,13H,3,8-11H2,1-2H3/t13-/m0/s1. The predicted molar refractivity (Wildman–Crippen MR) is 91.6 cm³/mol. The van der Waals surface area contributed by atoms with E-state index in [1.165, 1.54) is 0 Å². The minimum Gasteiger partial charge on any atom is -0.381 e. The van der Waals surface area contributed by atoms with E-state index in [-0.39, 0.29) is 11.7 Å². The van der Waals surface area contributed by atoms with Crippen LogP contribution in [0, 0.1) is 12.8 Å². The summed E-state index contributed by atoms with van der Waals surface area (Å²) >= 11 is 6.22. The molecular formula is C17H21ClN4O2. The van der Waals surface area contributed by atoms with Gasteiger partial charge in [0, 0.05) is 25.6 Å². The monoisotopic (exact) mass is 348 g/mol. The van der Waals surface area contributed by atoms with Gasteiger partial charge in [-0.1, -0.05) is 23.7 Å². The lowest BCUT2D eigenvalue weighted by Gasteiger charge is -2.22. The largest absolute Gasteiger partial charge is 0.381 e. The maximum absolute atomic E-state index is 12.8. The Balaban J connectivity index is 1.82. The van der Waals surface area contributed by atoms with Crippen LogP contribution in [0.3, 0.4) is 0 Å². The lowest BCUT2D eigenvalue weighted by Crippen LogP contribution is -2.36. The molecule has 0 radical (unpaired) electrons. The first-order valence-electron chi connectivity index (χ1n) is 8.15. The number of ether oxygens (including phenoxy) is 1. The third-order valence-corrected chi connectivity index (χ3v) is 4.53. The van der Waals surface area contributed by atoms with Crippen LogP contribution < -0.4 is 0 Å². The van der Waals surface area contributed by atoms with E-state index < -0.39 is 0 Å². The Kier molecular flexibility index (Phi) is 5.16. The summed E-state index contributed by atoms with van der Waals surface area (Å²) in [6.07, 6.45) is 0.990. The van der Waals surface area contributed by atoms with Crippen molar-refractivity contribution >= 4 is 17.5 Å². The van der Waals surface area contributed by atoms with E-state index in [1.807, 2.05) is 32.0 Å². The summed E-state index contributed by atoms with van der Waals surface area (Å²) < 4.78 is 7.01. The number of nitrogens with zero attached hydrogens (tertiary/aromatic N) is 4. The third-order valence-electron chi connectivity index (χ3n) is 4.21. The van der Waals surface area contributed by atoms with Gasteiger partial charge >= 0.3 is 0 Å². The molecule has 1 aliphatic heterocycles. The van der Waals surface area contributed by atoms with Crippen molar-refractivity contribution < 1.29 is 9.53 Å². The summed E-state index contributed by atoms with van der Waals surface area (Å²) in [5, 5.41) is 4.95. The van der Waals surface area contributed by atoms with E-state index in [0.29, 0.717) is 36.5 Å². The molecule has 2 aromatic rings. The second-order valence-corrected chi connectivity index (χ2v) is 6.33. The van der Waals surface area contributed by atoms with E-state index in [1.54, 1.807) is 15.6 Å². The zero-order valence-corrected chi connectivity index (χ0v) is 14.7. The molecule has 1 amide bonds. The van der Waals surface area contributed by atoms with Gasteiger partial charge in [0.1, 0.15) is 5.82 Å². The van der Waals surface area contributed by atoms with E-state index in [9.17, 15) is 4.79 Å². The Morgan fingerprint density at radius 1 is 1.46 bits per heavy atom. The number of carbonyl (C=O) groups is 1. The average Bonchev–Trinajstić information content (AvgIpc) is 3.22. The van der Waals surface area contributed by atoms with Gasteiger partial charge in [-0.3, -0.25) is 4.79 Å². The molecule has 2 heterocycles. The van der Waals surface area contributed by atoms with Crippen LogP contribution in [0.1, 0.15) is 29.8 Å². The van der Waals surface area contributed by atoms with Crippen molar-refractivity contribution in [2.24, 2.45) is 5.92 Å². The average molecular weight is 349 g/mol. The smallest absolute Gasteiger partial charge is 0.293 e. The quantitative estimate of drug-likeness (QED) is 0.833. The van der Waals surface area contributed by atoms with Gasteiger partial charge in [0.2, 0.25) is 5.82 Å². The summed E-state index contributed by atoms with van der Waals surface area (Å²) in [7, 11) is 0. The molecule has 1 atom stereocenters. The maximum atomic E-state index is 12.8. The summed E-state index contributed by atoms with van der Waals surface area (Å²) in [5.74, 6) is 1.07. The molecule has 0 bridgehead atoms. The number of hydrogen-bond acceptors (Lipinski definition) is 4. The van der Waals surface area contributed by atoms with Crippen molar-refractivity contribution in [3.8, 4) is 5.69 Å². The fourth-order valence-electron chi connectivity index (χ4n) is 2.87. The number of carbonyl (C=O) groups excluding carboxylic acids is 1. The number of amides is 1. The van der Waals surface area contributed by atoms with Crippen LogP contribution in [0.4, 0.5) is 0 Å². The van der Waals surface area contributed by atoms with Crippen LogP contribution in [0.15, 0.2) is 24.3 Å². The van der Waals surface area contributed by atoms with Crippen LogP contribution >= 0.6 is 11.6 Å². The van der Waals surface area contributed by atoms with Gasteiger partial charge in [-0.25, -0.2) is 9.67 Å². The summed E-state index contributed by atoms with van der Waals surface area (Å²) in [5.41, 5.74) is 0.718. The van der Waals surface area contributed by atoms with Crippen LogP contribution in [-0.2, 0) is 4.74 Å². The Morgan fingerprint density at radius 2 is 2.25 bits per heavy atom. The molecule has 0 saturated carbocycles. The molecule has 24 heavy (non-hydrogen) atoms. The van der Waals surface area contributed by atoms with Gasteiger partial charge in [-0.05, 0) is 32.4 Å². The van der Waals surface area contributed by atoms with Crippen LogP contribution in [-0.4, -0.2) is 51.9 Å². The third kappa shape index (κ3) is 3.44. The molecule has 1 aromatic carbocycles. The maximum Gasteiger partial charge on any atom is 0.293 e. The highest BCUT2D eigenvalue weighted by Gasteiger charge is 2.25. The Labute approximate surface area is 146 Å². The van der Waals surface area contributed by atoms with Gasteiger partial charge in [0.15, 0.2) is 0 Å². The summed E-state index contributed by atoms with van der Waals surface area (Å²) in [4.78, 5) is 18.9. The van der Waals surface area contributed by atoms with Crippen LogP contribution in [0.25, 0.3) is 5.69 Å². The number of para-hydroxylation sites is 1. The van der Waals surface area contributed by atoms with Gasteiger partial charge in [0.25, 0.3) is 5.91 Å². The zero-order chi connectivity index (χ0) is 17.1. The Bertz CT molecular complexity index is 725. The van der Waals surface area contributed by atoms with Crippen molar-refractivity contribution in [1.82, 2.24) is 19.7 Å². The summed E-state index contributed by atoms with van der Waals surface area (Å²) in [6, 6.07) is 7.37. The van der Waals surface area contributed by atoms with E-state index in [0.717, 1.165) is 18.7 Å². The zero-order valence-electron chi connectivity index (χ0n) is 13.9. The van der Waals surface area contributed by atoms with Crippen molar-refractivity contribution in [2.45, 2.75) is 20.3 Å². The predicted octanol–water partition coefficient (Wildman–Crippen LogP) is 2.73. The molecule has 1 saturated heterocycles.